The molecule has 0 spiro atoms. The monoisotopic (exact) mass is 306 g/mol. The number of benzene rings is 1. The topological polar surface area (TPSA) is 45.8 Å². The van der Waals surface area contributed by atoms with Crippen LogP contribution in [0.2, 0.25) is 0 Å². The minimum Gasteiger partial charge on any atom is -0.305 e. The normalized spacial score (nSPS) is 10.9. The molecule has 5 heteroatoms. The first kappa shape index (κ1) is 10.7. The van der Waals surface area contributed by atoms with Crippen LogP contribution in [0.15, 0.2) is 45.0 Å². The number of thiophene rings is 1. The van der Waals surface area contributed by atoms with Gasteiger partial charge in [0.2, 0.25) is 0 Å². The second kappa shape index (κ2) is 4.09. The van der Waals surface area contributed by atoms with Gasteiger partial charge in [0.1, 0.15) is 0 Å². The number of hydrogen-bond acceptors (Lipinski definition) is 3. The van der Waals surface area contributed by atoms with Gasteiger partial charge in [-0.3, -0.25) is 4.79 Å². The number of halogens is 1. The van der Waals surface area contributed by atoms with Crippen molar-refractivity contribution in [1.29, 1.82) is 0 Å². The molecule has 0 amide bonds. The minimum absolute atomic E-state index is 0.111. The summed E-state index contributed by atoms with van der Waals surface area (Å²) >= 11 is 4.90. The summed E-state index contributed by atoms with van der Waals surface area (Å²) in [5.74, 6) is 0.625. The first-order valence-electron chi connectivity index (χ1n) is 4.97. The van der Waals surface area contributed by atoms with E-state index in [2.05, 4.69) is 25.9 Å². The molecule has 3 rings (SSSR count). The molecule has 3 nitrogen and oxygen atoms in total. The van der Waals surface area contributed by atoms with E-state index in [1.165, 1.54) is 0 Å². The van der Waals surface area contributed by atoms with Crippen LogP contribution >= 0.6 is 27.3 Å². The Morgan fingerprint density at radius 2 is 2.18 bits per heavy atom. The van der Waals surface area contributed by atoms with Crippen molar-refractivity contribution < 1.29 is 0 Å². The van der Waals surface area contributed by atoms with Crippen LogP contribution in [-0.4, -0.2) is 9.97 Å². The Morgan fingerprint density at radius 1 is 1.29 bits per heavy atom. The van der Waals surface area contributed by atoms with Gasteiger partial charge < -0.3 is 4.98 Å². The molecule has 3 aromatic rings. The van der Waals surface area contributed by atoms with Crippen molar-refractivity contribution in [3.05, 3.63) is 50.5 Å². The molecule has 0 fully saturated rings. The Balaban J connectivity index is 2.32. The molecule has 1 aromatic carbocycles. The van der Waals surface area contributed by atoms with E-state index in [-0.39, 0.29) is 5.56 Å². The predicted molar refractivity (Wildman–Crippen MR) is 73.4 cm³/mol. The SMILES string of the molecule is O=c1[nH]c(-c2cccs2)nc2ccc(Br)cc12. The van der Waals surface area contributed by atoms with Crippen LogP contribution in [0.1, 0.15) is 0 Å². The molecule has 2 heterocycles. The van der Waals surface area contributed by atoms with Gasteiger partial charge >= 0.3 is 0 Å². The fraction of sp³-hybridized carbons (Fsp3) is 0. The minimum atomic E-state index is -0.111. The fourth-order valence-corrected chi connectivity index (χ4v) is 2.67. The van der Waals surface area contributed by atoms with Crippen molar-refractivity contribution in [2.24, 2.45) is 0 Å². The number of aromatic nitrogens is 2. The summed E-state index contributed by atoms with van der Waals surface area (Å²) in [6.45, 7) is 0. The van der Waals surface area contributed by atoms with Crippen molar-refractivity contribution in [3.8, 4) is 10.7 Å². The summed E-state index contributed by atoms with van der Waals surface area (Å²) < 4.78 is 0.876. The predicted octanol–water partition coefficient (Wildman–Crippen LogP) is 3.41. The molecular weight excluding hydrogens is 300 g/mol. The summed E-state index contributed by atoms with van der Waals surface area (Å²) in [7, 11) is 0. The smallest absolute Gasteiger partial charge is 0.259 e. The van der Waals surface area contributed by atoms with Crippen LogP contribution < -0.4 is 5.56 Å². The summed E-state index contributed by atoms with van der Waals surface area (Å²) in [5, 5.41) is 2.56. The second-order valence-corrected chi connectivity index (χ2v) is 5.42. The maximum absolute atomic E-state index is 11.9. The zero-order valence-electron chi connectivity index (χ0n) is 8.61. The molecular formula is C12H7BrN2OS. The molecule has 0 saturated heterocycles. The van der Waals surface area contributed by atoms with Crippen LogP contribution in [0.25, 0.3) is 21.6 Å². The van der Waals surface area contributed by atoms with Crippen LogP contribution in [0, 0.1) is 0 Å². The zero-order chi connectivity index (χ0) is 11.8. The van der Waals surface area contributed by atoms with Crippen molar-refractivity contribution in [2.75, 3.05) is 0 Å². The van der Waals surface area contributed by atoms with Crippen LogP contribution in [0.4, 0.5) is 0 Å². The molecule has 0 aliphatic heterocycles. The maximum Gasteiger partial charge on any atom is 0.259 e. The molecule has 2 aromatic heterocycles. The molecule has 0 radical (unpaired) electrons. The number of hydrogen-bond donors (Lipinski definition) is 1. The summed E-state index contributed by atoms with van der Waals surface area (Å²) in [4.78, 5) is 20.2. The number of rotatable bonds is 1. The summed E-state index contributed by atoms with van der Waals surface area (Å²) in [6.07, 6.45) is 0. The number of nitrogens with one attached hydrogen (secondary N) is 1. The first-order valence-corrected chi connectivity index (χ1v) is 6.65. The highest BCUT2D eigenvalue weighted by Crippen LogP contribution is 2.22. The van der Waals surface area contributed by atoms with Crippen LogP contribution in [-0.2, 0) is 0 Å². The molecule has 0 aliphatic carbocycles. The zero-order valence-corrected chi connectivity index (χ0v) is 11.0. The Kier molecular flexibility index (Phi) is 2.57. The van der Waals surface area contributed by atoms with E-state index in [1.54, 1.807) is 17.4 Å². The van der Waals surface area contributed by atoms with Crippen LogP contribution in [0.3, 0.4) is 0 Å². The van der Waals surface area contributed by atoms with E-state index >= 15 is 0 Å². The standard InChI is InChI=1S/C12H7BrN2OS/c13-7-3-4-9-8(6-7)12(16)15-11(14-9)10-2-1-5-17-10/h1-6H,(H,14,15,16). The molecule has 0 saturated carbocycles. The second-order valence-electron chi connectivity index (χ2n) is 3.55. The third-order valence-corrected chi connectivity index (χ3v) is 3.79. The van der Waals surface area contributed by atoms with Gasteiger partial charge in [-0.2, -0.15) is 0 Å². The Hall–Kier alpha value is -1.46. The van der Waals surface area contributed by atoms with Crippen molar-refractivity contribution >= 4 is 38.2 Å². The average molecular weight is 307 g/mol. The van der Waals surface area contributed by atoms with Gasteiger partial charge in [0.15, 0.2) is 5.82 Å². The molecule has 84 valence electrons. The molecule has 17 heavy (non-hydrogen) atoms. The van der Waals surface area contributed by atoms with E-state index in [0.717, 1.165) is 9.35 Å². The molecule has 0 bridgehead atoms. The van der Waals surface area contributed by atoms with E-state index in [4.69, 9.17) is 0 Å². The highest BCUT2D eigenvalue weighted by atomic mass is 79.9. The van der Waals surface area contributed by atoms with Gasteiger partial charge in [0, 0.05) is 4.47 Å². The van der Waals surface area contributed by atoms with Gasteiger partial charge in [-0.05, 0) is 29.6 Å². The Labute approximate surface area is 109 Å². The number of fused-ring (bicyclic) bond motifs is 1. The maximum atomic E-state index is 11.9. The molecule has 0 unspecified atom stereocenters. The van der Waals surface area contributed by atoms with E-state index < -0.39 is 0 Å². The average Bonchev–Trinajstić information content (AvgIpc) is 2.83. The quantitative estimate of drug-likeness (QED) is 0.749. The third-order valence-electron chi connectivity index (χ3n) is 2.42. The lowest BCUT2D eigenvalue weighted by atomic mass is 10.2. The number of nitrogens with zero attached hydrogens (tertiary/aromatic N) is 1. The lowest BCUT2D eigenvalue weighted by Crippen LogP contribution is -2.09. The van der Waals surface area contributed by atoms with E-state index in [9.17, 15) is 4.79 Å². The van der Waals surface area contributed by atoms with Gasteiger partial charge in [-0.1, -0.05) is 22.0 Å². The van der Waals surface area contributed by atoms with E-state index in [1.807, 2.05) is 29.6 Å². The van der Waals surface area contributed by atoms with Crippen molar-refractivity contribution in [1.82, 2.24) is 9.97 Å². The van der Waals surface area contributed by atoms with Gasteiger partial charge in [-0.15, -0.1) is 11.3 Å². The highest BCUT2D eigenvalue weighted by molar-refractivity contribution is 9.10. The number of aromatic amines is 1. The highest BCUT2D eigenvalue weighted by Gasteiger charge is 2.06. The number of H-pyrrole nitrogens is 1. The molecule has 0 aliphatic rings. The Morgan fingerprint density at radius 3 is 2.94 bits per heavy atom. The van der Waals surface area contributed by atoms with Gasteiger partial charge in [0.25, 0.3) is 5.56 Å². The summed E-state index contributed by atoms with van der Waals surface area (Å²) in [6, 6.07) is 9.37. The third kappa shape index (κ3) is 1.92. The van der Waals surface area contributed by atoms with Gasteiger partial charge in [-0.25, -0.2) is 4.98 Å². The lowest BCUT2D eigenvalue weighted by Gasteiger charge is -2.01. The molecule has 1 N–H and O–H groups in total. The Bertz CT molecular complexity index is 734. The summed E-state index contributed by atoms with van der Waals surface area (Å²) in [5.41, 5.74) is 0.597. The fourth-order valence-electron chi connectivity index (χ4n) is 1.64. The van der Waals surface area contributed by atoms with E-state index in [0.29, 0.717) is 16.7 Å². The van der Waals surface area contributed by atoms with Crippen molar-refractivity contribution in [2.45, 2.75) is 0 Å². The molecule has 0 atom stereocenters. The first-order chi connectivity index (χ1) is 8.24. The largest absolute Gasteiger partial charge is 0.305 e. The van der Waals surface area contributed by atoms with Crippen LogP contribution in [0.5, 0.6) is 0 Å². The van der Waals surface area contributed by atoms with Crippen molar-refractivity contribution in [3.63, 3.8) is 0 Å². The van der Waals surface area contributed by atoms with Gasteiger partial charge in [0.05, 0.1) is 15.8 Å². The lowest BCUT2D eigenvalue weighted by molar-refractivity contribution is 1.19.